The van der Waals surface area contributed by atoms with Gasteiger partial charge in [-0.1, -0.05) is 24.3 Å². The van der Waals surface area contributed by atoms with E-state index in [0.29, 0.717) is 13.1 Å². The molecule has 2 aliphatic rings. The average Bonchev–Trinajstić information content (AvgIpc) is 3.07. The van der Waals surface area contributed by atoms with Crippen LogP contribution >= 0.6 is 0 Å². The molecule has 2 aromatic rings. The lowest BCUT2D eigenvalue weighted by Gasteiger charge is -2.48. The Bertz CT molecular complexity index is 837. The largest absolute Gasteiger partial charge is 0.468 e. The normalized spacial score (nSPS) is 21.3. The minimum absolute atomic E-state index is 0.0304. The first kappa shape index (κ1) is 16.8. The third-order valence-corrected chi connectivity index (χ3v) is 6.92. The van der Waals surface area contributed by atoms with E-state index in [2.05, 4.69) is 29.2 Å². The molecule has 0 aliphatic carbocycles. The Kier molecular flexibility index (Phi) is 4.22. The third-order valence-electron chi connectivity index (χ3n) is 5.62. The lowest BCUT2D eigenvalue weighted by molar-refractivity contribution is 0.116. The first-order valence-corrected chi connectivity index (χ1v) is 10.6. The van der Waals surface area contributed by atoms with Gasteiger partial charge in [0.25, 0.3) is 0 Å². The van der Waals surface area contributed by atoms with Crippen LogP contribution in [-0.4, -0.2) is 43.5 Å². The first-order chi connectivity index (χ1) is 12.0. The number of hydrogen-bond donors (Lipinski definition) is 0. The molecule has 0 amide bonds. The monoisotopic (exact) mass is 360 g/mol. The summed E-state index contributed by atoms with van der Waals surface area (Å²) in [5.74, 6) is 0.975. The Balaban J connectivity index is 1.62. The van der Waals surface area contributed by atoms with Crippen molar-refractivity contribution < 1.29 is 12.8 Å². The number of hydrogen-bond acceptors (Lipinski definition) is 4. The Labute approximate surface area is 149 Å². The summed E-state index contributed by atoms with van der Waals surface area (Å²) in [7, 11) is -3.11. The number of furan rings is 1. The predicted octanol–water partition coefficient (Wildman–Crippen LogP) is 2.59. The number of nitrogens with zero attached hydrogens (tertiary/aromatic N) is 2. The zero-order valence-electron chi connectivity index (χ0n) is 14.5. The molecule has 1 fully saturated rings. The van der Waals surface area contributed by atoms with Crippen molar-refractivity contribution in [2.75, 3.05) is 25.9 Å². The Morgan fingerprint density at radius 2 is 1.88 bits per heavy atom. The molecule has 134 valence electrons. The van der Waals surface area contributed by atoms with E-state index in [4.69, 9.17) is 4.42 Å². The van der Waals surface area contributed by atoms with E-state index in [9.17, 15) is 8.42 Å². The highest BCUT2D eigenvalue weighted by atomic mass is 32.2. The van der Waals surface area contributed by atoms with E-state index >= 15 is 0 Å². The van der Waals surface area contributed by atoms with Crippen LogP contribution in [0.5, 0.6) is 0 Å². The maximum Gasteiger partial charge on any atom is 0.211 e. The molecule has 0 atom stereocenters. The van der Waals surface area contributed by atoms with Crippen LogP contribution in [0.1, 0.15) is 29.7 Å². The Morgan fingerprint density at radius 1 is 1.12 bits per heavy atom. The van der Waals surface area contributed by atoms with Crippen LogP contribution < -0.4 is 0 Å². The molecule has 2 aliphatic heterocycles. The quantitative estimate of drug-likeness (QED) is 0.844. The van der Waals surface area contributed by atoms with E-state index in [1.54, 1.807) is 10.6 Å². The molecule has 0 saturated carbocycles. The van der Waals surface area contributed by atoms with E-state index < -0.39 is 10.0 Å². The molecule has 3 heterocycles. The maximum absolute atomic E-state index is 11.9. The average molecular weight is 360 g/mol. The molecule has 0 N–H and O–H groups in total. The summed E-state index contributed by atoms with van der Waals surface area (Å²) >= 11 is 0. The van der Waals surface area contributed by atoms with Gasteiger partial charge >= 0.3 is 0 Å². The standard InChI is InChI=1S/C19H24N2O3S/c1-25(22,23)21-10-8-19(9-11-21)15-20(14-17-6-4-12-24-17)13-16-5-2-3-7-18(16)19/h2-7,12H,8-11,13-15H2,1H3. The van der Waals surface area contributed by atoms with Gasteiger partial charge < -0.3 is 4.42 Å². The van der Waals surface area contributed by atoms with E-state index in [1.807, 2.05) is 12.1 Å². The molecule has 6 heteroatoms. The second kappa shape index (κ2) is 6.27. The van der Waals surface area contributed by atoms with Crippen LogP contribution in [0.2, 0.25) is 0 Å². The van der Waals surface area contributed by atoms with Gasteiger partial charge in [-0.3, -0.25) is 4.90 Å². The van der Waals surface area contributed by atoms with Crippen LogP contribution in [-0.2, 0) is 28.5 Å². The van der Waals surface area contributed by atoms with Crippen LogP contribution in [0.15, 0.2) is 47.1 Å². The minimum Gasteiger partial charge on any atom is -0.468 e. The molecule has 5 nitrogen and oxygen atoms in total. The van der Waals surface area contributed by atoms with Gasteiger partial charge in [-0.05, 0) is 36.1 Å². The summed E-state index contributed by atoms with van der Waals surface area (Å²) in [5.41, 5.74) is 2.79. The Hall–Kier alpha value is -1.63. The van der Waals surface area contributed by atoms with Gasteiger partial charge in [0.15, 0.2) is 0 Å². The lowest BCUT2D eigenvalue weighted by atomic mass is 9.69. The first-order valence-electron chi connectivity index (χ1n) is 8.75. The van der Waals surface area contributed by atoms with E-state index in [-0.39, 0.29) is 5.41 Å². The van der Waals surface area contributed by atoms with E-state index in [1.165, 1.54) is 17.4 Å². The number of fused-ring (bicyclic) bond motifs is 2. The maximum atomic E-state index is 11.9. The summed E-state index contributed by atoms with van der Waals surface area (Å²) in [4.78, 5) is 2.43. The van der Waals surface area contributed by atoms with Crippen molar-refractivity contribution in [2.24, 2.45) is 0 Å². The SMILES string of the molecule is CS(=O)(=O)N1CCC2(CC1)CN(Cc1ccco1)Cc1ccccc12. The molecule has 1 aromatic carbocycles. The Morgan fingerprint density at radius 3 is 2.56 bits per heavy atom. The molecule has 4 rings (SSSR count). The van der Waals surface area contributed by atoms with Gasteiger partial charge in [0.2, 0.25) is 10.0 Å². The molecule has 1 saturated heterocycles. The van der Waals surface area contributed by atoms with Gasteiger partial charge in [-0.15, -0.1) is 0 Å². The predicted molar refractivity (Wildman–Crippen MR) is 96.6 cm³/mol. The summed E-state index contributed by atoms with van der Waals surface area (Å²) in [5, 5.41) is 0. The highest BCUT2D eigenvalue weighted by Gasteiger charge is 2.43. The second-order valence-electron chi connectivity index (χ2n) is 7.32. The van der Waals surface area contributed by atoms with Crippen molar-refractivity contribution in [1.29, 1.82) is 0 Å². The smallest absolute Gasteiger partial charge is 0.211 e. The molecule has 0 bridgehead atoms. The van der Waals surface area contributed by atoms with Crippen molar-refractivity contribution in [3.8, 4) is 0 Å². The van der Waals surface area contributed by atoms with Crippen LogP contribution in [0, 0.1) is 0 Å². The van der Waals surface area contributed by atoms with Crippen LogP contribution in [0.3, 0.4) is 0 Å². The van der Waals surface area contributed by atoms with Crippen molar-refractivity contribution in [1.82, 2.24) is 9.21 Å². The minimum atomic E-state index is -3.11. The summed E-state index contributed by atoms with van der Waals surface area (Å²) in [6.45, 7) is 3.85. The van der Waals surface area contributed by atoms with Gasteiger partial charge in [0.05, 0.1) is 19.1 Å². The fourth-order valence-corrected chi connectivity index (χ4v) is 5.24. The molecular formula is C19H24N2O3S. The zero-order valence-corrected chi connectivity index (χ0v) is 15.3. The number of sulfonamides is 1. The van der Waals surface area contributed by atoms with Gasteiger partial charge in [0, 0.05) is 31.6 Å². The molecule has 0 radical (unpaired) electrons. The summed E-state index contributed by atoms with van der Waals surface area (Å²) in [6.07, 6.45) is 4.76. The van der Waals surface area contributed by atoms with E-state index in [0.717, 1.165) is 38.2 Å². The zero-order chi connectivity index (χ0) is 17.5. The van der Waals surface area contributed by atoms with Crippen molar-refractivity contribution in [3.63, 3.8) is 0 Å². The van der Waals surface area contributed by atoms with Crippen LogP contribution in [0.4, 0.5) is 0 Å². The second-order valence-corrected chi connectivity index (χ2v) is 9.31. The number of benzene rings is 1. The molecule has 1 aromatic heterocycles. The fraction of sp³-hybridized carbons (Fsp3) is 0.474. The number of rotatable bonds is 3. The van der Waals surface area contributed by atoms with Gasteiger partial charge in [0.1, 0.15) is 5.76 Å². The third kappa shape index (κ3) is 3.26. The molecule has 0 unspecified atom stereocenters. The highest BCUT2D eigenvalue weighted by Crippen LogP contribution is 2.42. The summed E-state index contributed by atoms with van der Waals surface area (Å²) < 4.78 is 30.9. The van der Waals surface area contributed by atoms with Gasteiger partial charge in [-0.25, -0.2) is 12.7 Å². The number of piperidine rings is 1. The molecular weight excluding hydrogens is 336 g/mol. The lowest BCUT2D eigenvalue weighted by Crippen LogP contribution is -2.52. The van der Waals surface area contributed by atoms with Crippen molar-refractivity contribution in [2.45, 2.75) is 31.3 Å². The molecule has 25 heavy (non-hydrogen) atoms. The van der Waals surface area contributed by atoms with Crippen molar-refractivity contribution >= 4 is 10.0 Å². The van der Waals surface area contributed by atoms with Gasteiger partial charge in [-0.2, -0.15) is 0 Å². The summed E-state index contributed by atoms with van der Waals surface area (Å²) in [6, 6.07) is 12.6. The fourth-order valence-electron chi connectivity index (χ4n) is 4.39. The highest BCUT2D eigenvalue weighted by molar-refractivity contribution is 7.88. The topological polar surface area (TPSA) is 53.8 Å². The van der Waals surface area contributed by atoms with Crippen molar-refractivity contribution in [3.05, 3.63) is 59.5 Å². The molecule has 1 spiro atoms. The van der Waals surface area contributed by atoms with Crippen LogP contribution in [0.25, 0.3) is 0 Å².